The van der Waals surface area contributed by atoms with Crippen LogP contribution in [-0.2, 0) is 9.59 Å². The van der Waals surface area contributed by atoms with Crippen LogP contribution in [0.4, 0.5) is 0 Å². The number of carbonyl (C=O) groups excluding carboxylic acids is 1. The molecule has 1 amide bonds. The molecule has 0 bridgehead atoms. The number of hydrogen-bond donors (Lipinski definition) is 3. The third-order valence-electron chi connectivity index (χ3n) is 3.97. The normalized spacial score (nSPS) is 29.6. The van der Waals surface area contributed by atoms with Gasteiger partial charge in [-0.25, -0.2) is 0 Å². The molecule has 0 spiro atoms. The standard InChI is InChI=1S/C13H24N2O3/c1-9(8-14-3)11(16)15-10-6-4-5-7-13(10,2)12(17)18/h9-10,14H,4-8H2,1-3H3,(H,15,16)(H,17,18). The SMILES string of the molecule is CNCC(C)C(=O)NC1CCCCC1(C)C(=O)O. The second-order valence-electron chi connectivity index (χ2n) is 5.49. The molecule has 0 saturated heterocycles. The monoisotopic (exact) mass is 256 g/mol. The second kappa shape index (κ2) is 6.18. The van der Waals surface area contributed by atoms with E-state index in [1.54, 1.807) is 14.0 Å². The molecule has 3 atom stereocenters. The number of carboxylic acids is 1. The first-order chi connectivity index (χ1) is 8.41. The Bertz CT molecular complexity index is 319. The van der Waals surface area contributed by atoms with Crippen LogP contribution < -0.4 is 10.6 Å². The third kappa shape index (κ3) is 3.22. The van der Waals surface area contributed by atoms with Crippen LogP contribution in [0.3, 0.4) is 0 Å². The van der Waals surface area contributed by atoms with Gasteiger partial charge in [0.15, 0.2) is 0 Å². The van der Waals surface area contributed by atoms with E-state index < -0.39 is 11.4 Å². The number of amides is 1. The van der Waals surface area contributed by atoms with Crippen LogP contribution in [0.1, 0.15) is 39.5 Å². The fraction of sp³-hybridized carbons (Fsp3) is 0.846. The zero-order valence-electron chi connectivity index (χ0n) is 11.5. The Morgan fingerprint density at radius 1 is 1.44 bits per heavy atom. The summed E-state index contributed by atoms with van der Waals surface area (Å²) in [4.78, 5) is 23.4. The number of carbonyl (C=O) groups is 2. The highest BCUT2D eigenvalue weighted by atomic mass is 16.4. The van der Waals surface area contributed by atoms with Gasteiger partial charge in [-0.1, -0.05) is 19.8 Å². The summed E-state index contributed by atoms with van der Waals surface area (Å²) in [6, 6.07) is -0.254. The van der Waals surface area contributed by atoms with Gasteiger partial charge in [-0.3, -0.25) is 9.59 Å². The summed E-state index contributed by atoms with van der Waals surface area (Å²) in [6.45, 7) is 4.18. The molecule has 3 unspecified atom stereocenters. The molecule has 1 aliphatic rings. The lowest BCUT2D eigenvalue weighted by Gasteiger charge is -2.38. The van der Waals surface area contributed by atoms with Gasteiger partial charge in [-0.15, -0.1) is 0 Å². The topological polar surface area (TPSA) is 78.4 Å². The van der Waals surface area contributed by atoms with E-state index in [1.807, 2.05) is 6.92 Å². The van der Waals surface area contributed by atoms with Gasteiger partial charge < -0.3 is 15.7 Å². The Balaban J connectivity index is 2.68. The van der Waals surface area contributed by atoms with Crippen molar-refractivity contribution in [3.8, 4) is 0 Å². The second-order valence-corrected chi connectivity index (χ2v) is 5.49. The largest absolute Gasteiger partial charge is 0.481 e. The van der Waals surface area contributed by atoms with Gasteiger partial charge in [-0.05, 0) is 26.8 Å². The molecular weight excluding hydrogens is 232 g/mol. The molecule has 5 nitrogen and oxygen atoms in total. The van der Waals surface area contributed by atoms with E-state index in [0.29, 0.717) is 13.0 Å². The van der Waals surface area contributed by atoms with Crippen molar-refractivity contribution in [2.75, 3.05) is 13.6 Å². The summed E-state index contributed by atoms with van der Waals surface area (Å²) in [5.41, 5.74) is -0.826. The average Bonchev–Trinajstić information content (AvgIpc) is 2.32. The molecule has 1 saturated carbocycles. The summed E-state index contributed by atoms with van der Waals surface area (Å²) in [5, 5.41) is 15.2. The lowest BCUT2D eigenvalue weighted by atomic mass is 9.71. The van der Waals surface area contributed by atoms with Crippen molar-refractivity contribution in [2.24, 2.45) is 11.3 Å². The minimum Gasteiger partial charge on any atom is -0.481 e. The Morgan fingerprint density at radius 2 is 2.11 bits per heavy atom. The fourth-order valence-corrected chi connectivity index (χ4v) is 2.53. The first-order valence-corrected chi connectivity index (χ1v) is 6.60. The molecule has 0 aromatic heterocycles. The van der Waals surface area contributed by atoms with Crippen molar-refractivity contribution in [2.45, 2.75) is 45.6 Å². The molecule has 1 aliphatic carbocycles. The van der Waals surface area contributed by atoms with Crippen LogP contribution in [0.2, 0.25) is 0 Å². The Kier molecular flexibility index (Phi) is 5.14. The van der Waals surface area contributed by atoms with E-state index in [9.17, 15) is 14.7 Å². The number of carboxylic acid groups (broad SMARTS) is 1. The van der Waals surface area contributed by atoms with Crippen LogP contribution in [0.25, 0.3) is 0 Å². The summed E-state index contributed by atoms with van der Waals surface area (Å²) in [5.74, 6) is -1.02. The van der Waals surface area contributed by atoms with Crippen molar-refractivity contribution in [3.63, 3.8) is 0 Å². The number of rotatable bonds is 5. The van der Waals surface area contributed by atoms with Gasteiger partial charge in [0.1, 0.15) is 0 Å². The van der Waals surface area contributed by atoms with E-state index in [1.165, 1.54) is 0 Å². The highest BCUT2D eigenvalue weighted by molar-refractivity contribution is 5.81. The molecule has 3 N–H and O–H groups in total. The molecule has 1 rings (SSSR count). The predicted molar refractivity (Wildman–Crippen MR) is 69.2 cm³/mol. The van der Waals surface area contributed by atoms with Crippen LogP contribution in [0, 0.1) is 11.3 Å². The van der Waals surface area contributed by atoms with Crippen LogP contribution in [-0.4, -0.2) is 36.6 Å². The molecule has 18 heavy (non-hydrogen) atoms. The van der Waals surface area contributed by atoms with Crippen molar-refractivity contribution in [3.05, 3.63) is 0 Å². The lowest BCUT2D eigenvalue weighted by Crippen LogP contribution is -2.53. The zero-order valence-corrected chi connectivity index (χ0v) is 11.5. The van der Waals surface area contributed by atoms with E-state index in [0.717, 1.165) is 19.3 Å². The zero-order chi connectivity index (χ0) is 13.8. The molecule has 1 fully saturated rings. The molecule has 0 aromatic rings. The van der Waals surface area contributed by atoms with Crippen molar-refractivity contribution in [1.29, 1.82) is 0 Å². The maximum absolute atomic E-state index is 12.0. The predicted octanol–water partition coefficient (Wildman–Crippen LogP) is 0.992. The maximum Gasteiger partial charge on any atom is 0.311 e. The smallest absolute Gasteiger partial charge is 0.311 e. The molecule has 0 radical (unpaired) electrons. The molecular formula is C13H24N2O3. The number of nitrogens with one attached hydrogen (secondary N) is 2. The summed E-state index contributed by atoms with van der Waals surface area (Å²) < 4.78 is 0. The quantitative estimate of drug-likeness (QED) is 0.685. The van der Waals surface area contributed by atoms with Crippen LogP contribution >= 0.6 is 0 Å². The molecule has 5 heteroatoms. The molecule has 104 valence electrons. The highest BCUT2D eigenvalue weighted by Gasteiger charge is 2.44. The lowest BCUT2D eigenvalue weighted by molar-refractivity contribution is -0.152. The van der Waals surface area contributed by atoms with Gasteiger partial charge in [0.2, 0.25) is 5.91 Å². The van der Waals surface area contributed by atoms with Gasteiger partial charge in [0, 0.05) is 18.5 Å². The molecule has 0 heterocycles. The summed E-state index contributed by atoms with van der Waals surface area (Å²) in [6.07, 6.45) is 3.28. The third-order valence-corrected chi connectivity index (χ3v) is 3.97. The van der Waals surface area contributed by atoms with Crippen LogP contribution in [0.15, 0.2) is 0 Å². The minimum absolute atomic E-state index is 0.0660. The average molecular weight is 256 g/mol. The Morgan fingerprint density at radius 3 is 2.67 bits per heavy atom. The van der Waals surface area contributed by atoms with E-state index in [4.69, 9.17) is 0 Å². The molecule has 0 aromatic carbocycles. The van der Waals surface area contributed by atoms with Gasteiger partial charge in [0.05, 0.1) is 5.41 Å². The fourth-order valence-electron chi connectivity index (χ4n) is 2.53. The minimum atomic E-state index is -0.826. The van der Waals surface area contributed by atoms with Gasteiger partial charge in [0.25, 0.3) is 0 Å². The van der Waals surface area contributed by atoms with Gasteiger partial charge >= 0.3 is 5.97 Å². The maximum atomic E-state index is 12.0. The first kappa shape index (κ1) is 15.0. The van der Waals surface area contributed by atoms with Crippen molar-refractivity contribution in [1.82, 2.24) is 10.6 Å². The summed E-state index contributed by atoms with van der Waals surface area (Å²) in [7, 11) is 1.80. The van der Waals surface area contributed by atoms with Crippen LogP contribution in [0.5, 0.6) is 0 Å². The highest BCUT2D eigenvalue weighted by Crippen LogP contribution is 2.36. The Labute approximate surface area is 108 Å². The Hall–Kier alpha value is -1.10. The van der Waals surface area contributed by atoms with Crippen molar-refractivity contribution >= 4 is 11.9 Å². The number of aliphatic carboxylic acids is 1. The van der Waals surface area contributed by atoms with E-state index in [-0.39, 0.29) is 17.9 Å². The number of hydrogen-bond acceptors (Lipinski definition) is 3. The van der Waals surface area contributed by atoms with E-state index >= 15 is 0 Å². The van der Waals surface area contributed by atoms with Crippen molar-refractivity contribution < 1.29 is 14.7 Å². The first-order valence-electron chi connectivity index (χ1n) is 6.60. The van der Waals surface area contributed by atoms with Gasteiger partial charge in [-0.2, -0.15) is 0 Å². The van der Waals surface area contributed by atoms with E-state index in [2.05, 4.69) is 10.6 Å². The molecule has 0 aliphatic heterocycles. The summed E-state index contributed by atoms with van der Waals surface area (Å²) >= 11 is 0.